The van der Waals surface area contributed by atoms with Gasteiger partial charge in [0.05, 0.1) is 1.37 Å². The largest absolute Gasteiger partial charge is 0.0635 e. The molecule has 0 amide bonds. The van der Waals surface area contributed by atoms with Crippen LogP contribution >= 0.6 is 15.9 Å². The van der Waals surface area contributed by atoms with Crippen LogP contribution in [0.1, 0.15) is 1.37 Å². The van der Waals surface area contributed by atoms with Crippen molar-refractivity contribution in [3.63, 3.8) is 0 Å². The van der Waals surface area contributed by atoms with Gasteiger partial charge in [0, 0.05) is 4.47 Å². The van der Waals surface area contributed by atoms with E-state index in [-0.39, 0.29) is 0 Å². The summed E-state index contributed by atoms with van der Waals surface area (Å²) in [5, 5.41) is 0. The van der Waals surface area contributed by atoms with Gasteiger partial charge < -0.3 is 0 Å². The summed E-state index contributed by atoms with van der Waals surface area (Å²) >= 11 is 3.21. The molecule has 0 nitrogen and oxygen atoms in total. The Kier molecular flexibility index (Phi) is 1.11. The van der Waals surface area contributed by atoms with Crippen LogP contribution < -0.4 is 0 Å². The van der Waals surface area contributed by atoms with Crippen LogP contribution in [-0.4, -0.2) is 0 Å². The molecule has 1 heteroatoms. The van der Waals surface area contributed by atoms with Crippen molar-refractivity contribution in [1.82, 2.24) is 0 Å². The zero-order valence-electron chi connectivity index (χ0n) is 4.69. The van der Waals surface area contributed by atoms with E-state index in [0.29, 0.717) is 6.04 Å². The molecular weight excluding hydrogens is 152 g/mol. The fourth-order valence-corrected chi connectivity index (χ4v) is 0.656. The number of halogens is 1. The van der Waals surface area contributed by atoms with Gasteiger partial charge in [-0.25, -0.2) is 0 Å². The molecule has 0 radical (unpaired) electrons. The monoisotopic (exact) mass is 158 g/mol. The molecule has 0 heterocycles. The molecule has 0 atom stereocenters. The first kappa shape index (κ1) is 3.67. The van der Waals surface area contributed by atoms with E-state index >= 15 is 0 Å². The van der Waals surface area contributed by atoms with E-state index in [9.17, 15) is 0 Å². The van der Waals surface area contributed by atoms with Crippen molar-refractivity contribution in [3.05, 3.63) is 34.8 Å². The quantitative estimate of drug-likeness (QED) is 0.545. The number of benzene rings is 1. The van der Waals surface area contributed by atoms with E-state index in [1.165, 1.54) is 0 Å². The van der Waals surface area contributed by atoms with Crippen LogP contribution in [0.2, 0.25) is 0 Å². The van der Waals surface area contributed by atoms with Crippen LogP contribution in [-0.2, 0) is 0 Å². The molecule has 0 aliphatic carbocycles. The minimum atomic E-state index is 0.535. The van der Waals surface area contributed by atoms with Gasteiger partial charge in [-0.3, -0.25) is 0 Å². The third kappa shape index (κ3) is 1.32. The molecule has 0 fully saturated rings. The van der Waals surface area contributed by atoms with Crippen LogP contribution in [0.15, 0.2) is 34.8 Å². The van der Waals surface area contributed by atoms with Gasteiger partial charge in [0.2, 0.25) is 0 Å². The van der Waals surface area contributed by atoms with Gasteiger partial charge in [0.25, 0.3) is 0 Å². The van der Waals surface area contributed by atoms with Crippen molar-refractivity contribution >= 4 is 15.9 Å². The van der Waals surface area contributed by atoms with Gasteiger partial charge in [0.15, 0.2) is 0 Å². The zero-order valence-corrected chi connectivity index (χ0v) is 5.27. The summed E-state index contributed by atoms with van der Waals surface area (Å²) in [5.74, 6) is 0. The Morgan fingerprint density at radius 3 is 2.71 bits per heavy atom. The van der Waals surface area contributed by atoms with E-state index in [4.69, 9.17) is 1.37 Å². The zero-order chi connectivity index (χ0) is 5.98. The lowest BCUT2D eigenvalue weighted by Crippen LogP contribution is -1.55. The molecule has 0 spiro atoms. The average molecular weight is 159 g/mol. The van der Waals surface area contributed by atoms with Gasteiger partial charge in [-0.2, -0.15) is 0 Å². The van der Waals surface area contributed by atoms with Crippen molar-refractivity contribution in [2.24, 2.45) is 0 Å². The predicted octanol–water partition coefficient (Wildman–Crippen LogP) is 2.45. The predicted molar refractivity (Wildman–Crippen MR) is 34.1 cm³/mol. The fraction of sp³-hybridized carbons (Fsp3) is 0. The highest BCUT2D eigenvalue weighted by molar-refractivity contribution is 9.10. The molecule has 1 aromatic carbocycles. The van der Waals surface area contributed by atoms with Crippen molar-refractivity contribution in [3.8, 4) is 0 Å². The minimum Gasteiger partial charge on any atom is -0.0622 e. The standard InChI is InChI=1S/C6H5Br/c7-6-4-2-1-3-5-6/h1-5H/i4T. The summed E-state index contributed by atoms with van der Waals surface area (Å²) in [6, 6.07) is 7.86. The second-order valence-corrected chi connectivity index (χ2v) is 2.06. The molecule has 0 bridgehead atoms. The van der Waals surface area contributed by atoms with E-state index in [1.807, 2.05) is 18.2 Å². The topological polar surface area (TPSA) is 0 Å². The first-order valence-electron chi connectivity index (χ1n) is 2.52. The second-order valence-electron chi connectivity index (χ2n) is 1.21. The first-order valence-corrected chi connectivity index (χ1v) is 2.81. The molecule has 0 N–H and O–H groups in total. The van der Waals surface area contributed by atoms with Crippen LogP contribution in [0.25, 0.3) is 0 Å². The Morgan fingerprint density at radius 2 is 2.29 bits per heavy atom. The summed E-state index contributed by atoms with van der Waals surface area (Å²) in [5.41, 5.74) is 0. The van der Waals surface area contributed by atoms with Crippen molar-refractivity contribution in [1.29, 1.82) is 0 Å². The maximum atomic E-state index is 7.17. The Balaban J connectivity index is 3.13. The molecule has 0 aromatic heterocycles. The summed E-state index contributed by atoms with van der Waals surface area (Å²) in [4.78, 5) is 0. The van der Waals surface area contributed by atoms with Crippen LogP contribution in [0.4, 0.5) is 0 Å². The Labute approximate surface area is 52.7 Å². The Bertz CT molecular complexity index is 165. The number of rotatable bonds is 0. The minimum absolute atomic E-state index is 0.535. The summed E-state index contributed by atoms with van der Waals surface area (Å²) in [7, 11) is 0. The molecule has 0 unspecified atom stereocenters. The maximum absolute atomic E-state index is 7.17. The van der Waals surface area contributed by atoms with E-state index in [0.717, 1.165) is 4.47 Å². The molecule has 0 saturated carbocycles. The summed E-state index contributed by atoms with van der Waals surface area (Å²) in [6.45, 7) is 0. The van der Waals surface area contributed by atoms with E-state index in [2.05, 4.69) is 15.9 Å². The molecule has 36 valence electrons. The normalized spacial score (nSPS) is 10.7. The molecule has 1 aromatic rings. The van der Waals surface area contributed by atoms with E-state index < -0.39 is 0 Å². The average Bonchev–Trinajstić information content (AvgIpc) is 1.77. The second kappa shape index (κ2) is 2.12. The number of hydrogen-bond acceptors (Lipinski definition) is 0. The fourth-order valence-electron chi connectivity index (χ4n) is 0.371. The third-order valence-electron chi connectivity index (χ3n) is 0.671. The maximum Gasteiger partial charge on any atom is 0.0635 e. The van der Waals surface area contributed by atoms with Crippen LogP contribution in [0, 0.1) is 0 Å². The molecule has 7 heavy (non-hydrogen) atoms. The number of hydrogen-bond donors (Lipinski definition) is 0. The Hall–Kier alpha value is -0.300. The lowest BCUT2D eigenvalue weighted by atomic mass is 10.4. The lowest BCUT2D eigenvalue weighted by molar-refractivity contribution is 1.66. The molecular formula is C6H5Br. The highest BCUT2D eigenvalue weighted by atomic mass is 79.9. The smallest absolute Gasteiger partial charge is 0.0622 e. The molecule has 0 aliphatic heterocycles. The van der Waals surface area contributed by atoms with Gasteiger partial charge >= 0.3 is 0 Å². The lowest BCUT2D eigenvalue weighted by Gasteiger charge is -1.80. The highest BCUT2D eigenvalue weighted by Gasteiger charge is 1.74. The van der Waals surface area contributed by atoms with Crippen molar-refractivity contribution in [2.75, 3.05) is 0 Å². The van der Waals surface area contributed by atoms with Crippen LogP contribution in [0.3, 0.4) is 0 Å². The molecule has 0 aliphatic rings. The summed E-state index contributed by atoms with van der Waals surface area (Å²) in [6.07, 6.45) is 0. The molecule has 1 rings (SSSR count). The SMILES string of the molecule is [3H]c1ccccc1Br. The molecule has 0 saturated heterocycles. The first-order chi connectivity index (χ1) is 3.80. The van der Waals surface area contributed by atoms with Gasteiger partial charge in [-0.15, -0.1) is 0 Å². The highest BCUT2D eigenvalue weighted by Crippen LogP contribution is 2.05. The van der Waals surface area contributed by atoms with Gasteiger partial charge in [0.1, 0.15) is 0 Å². The van der Waals surface area contributed by atoms with Crippen LogP contribution in [0.5, 0.6) is 0 Å². The van der Waals surface area contributed by atoms with E-state index in [1.54, 1.807) is 6.07 Å². The van der Waals surface area contributed by atoms with Gasteiger partial charge in [-0.05, 0) is 12.1 Å². The van der Waals surface area contributed by atoms with Crippen molar-refractivity contribution < 1.29 is 1.37 Å². The Morgan fingerprint density at radius 1 is 1.43 bits per heavy atom. The van der Waals surface area contributed by atoms with Crippen molar-refractivity contribution in [2.45, 2.75) is 0 Å². The summed E-state index contributed by atoms with van der Waals surface area (Å²) < 4.78 is 8.02. The third-order valence-corrected chi connectivity index (χ3v) is 1.16. The van der Waals surface area contributed by atoms with Gasteiger partial charge in [-0.1, -0.05) is 34.1 Å².